The Morgan fingerprint density at radius 3 is 2.93 bits per heavy atom. The lowest BCUT2D eigenvalue weighted by Gasteiger charge is -2.29. The molecule has 1 saturated heterocycles. The predicted molar refractivity (Wildman–Crippen MR) is 67.9 cm³/mol. The maximum atomic E-state index is 5.82. The van der Waals surface area contributed by atoms with Crippen molar-refractivity contribution in [2.75, 3.05) is 25.2 Å². The number of aryl methyl sites for hydroxylation is 1. The first-order chi connectivity index (χ1) is 7.31. The molecule has 0 spiro atoms. The number of thioether (sulfide) groups is 1. The molecule has 0 bridgehead atoms. The topological polar surface area (TPSA) is 21.3 Å². The Labute approximate surface area is 99.4 Å². The lowest BCUT2D eigenvalue weighted by Crippen LogP contribution is -2.36. The van der Waals surface area contributed by atoms with E-state index in [0.717, 1.165) is 18.1 Å². The van der Waals surface area contributed by atoms with Crippen molar-refractivity contribution in [1.29, 1.82) is 0 Å². The van der Waals surface area contributed by atoms with E-state index in [0.29, 0.717) is 12.1 Å². The van der Waals surface area contributed by atoms with E-state index in [1.54, 1.807) is 0 Å². The predicted octanol–water partition coefficient (Wildman–Crippen LogP) is 2.45. The number of rotatable bonds is 3. The summed E-state index contributed by atoms with van der Waals surface area (Å²) < 4.78 is 5.82. The molecule has 1 N–H and O–H groups in total. The quantitative estimate of drug-likeness (QED) is 0.881. The zero-order valence-electron chi connectivity index (χ0n) is 9.16. The van der Waals surface area contributed by atoms with Gasteiger partial charge < -0.3 is 10.1 Å². The van der Waals surface area contributed by atoms with Gasteiger partial charge in [0.2, 0.25) is 0 Å². The fraction of sp³-hybridized carbons (Fsp3) is 0.636. The summed E-state index contributed by atoms with van der Waals surface area (Å²) in [6.45, 7) is 3.04. The Kier molecular flexibility index (Phi) is 4.08. The average Bonchev–Trinajstić information content (AvgIpc) is 2.68. The van der Waals surface area contributed by atoms with Gasteiger partial charge in [-0.15, -0.1) is 11.3 Å². The Morgan fingerprint density at radius 1 is 1.53 bits per heavy atom. The number of thiophene rings is 1. The van der Waals surface area contributed by atoms with E-state index in [2.05, 4.69) is 24.4 Å². The minimum atomic E-state index is 0.326. The van der Waals surface area contributed by atoms with E-state index in [4.69, 9.17) is 4.74 Å². The molecule has 4 heteroatoms. The molecule has 15 heavy (non-hydrogen) atoms. The minimum Gasteiger partial charge on any atom is -0.374 e. The van der Waals surface area contributed by atoms with Crippen LogP contribution in [0, 0.1) is 6.92 Å². The molecule has 84 valence electrons. The third-order valence-electron chi connectivity index (χ3n) is 2.59. The number of hydrogen-bond donors (Lipinski definition) is 1. The molecule has 0 aliphatic carbocycles. The van der Waals surface area contributed by atoms with Crippen LogP contribution >= 0.6 is 23.1 Å². The fourth-order valence-electron chi connectivity index (χ4n) is 1.83. The van der Waals surface area contributed by atoms with E-state index >= 15 is 0 Å². The summed E-state index contributed by atoms with van der Waals surface area (Å²) in [5.41, 5.74) is 0. The molecular formula is C11H17NOS2. The zero-order valence-corrected chi connectivity index (χ0v) is 10.8. The van der Waals surface area contributed by atoms with Crippen LogP contribution in [0.2, 0.25) is 0 Å². The second kappa shape index (κ2) is 5.34. The van der Waals surface area contributed by atoms with Crippen molar-refractivity contribution in [1.82, 2.24) is 5.32 Å². The van der Waals surface area contributed by atoms with Crippen molar-refractivity contribution < 1.29 is 4.74 Å². The highest BCUT2D eigenvalue weighted by Crippen LogP contribution is 2.29. The second-order valence-electron chi connectivity index (χ2n) is 3.70. The maximum absolute atomic E-state index is 5.82. The van der Waals surface area contributed by atoms with Gasteiger partial charge in [-0.05, 0) is 26.1 Å². The third kappa shape index (κ3) is 2.75. The summed E-state index contributed by atoms with van der Waals surface area (Å²) in [4.78, 5) is 2.76. The van der Waals surface area contributed by atoms with Gasteiger partial charge in [0.05, 0.1) is 18.8 Å². The summed E-state index contributed by atoms with van der Waals surface area (Å²) in [5, 5.41) is 3.37. The standard InChI is InChI=1S/C11H17NOS2/c1-8-3-4-10(15-8)11(12-2)9-7-14-6-5-13-9/h3-4,9,11-12H,5-7H2,1-2H3. The van der Waals surface area contributed by atoms with Gasteiger partial charge in [-0.25, -0.2) is 0 Å². The molecule has 0 aromatic carbocycles. The van der Waals surface area contributed by atoms with Gasteiger partial charge in [0, 0.05) is 21.3 Å². The molecule has 1 aliphatic rings. The van der Waals surface area contributed by atoms with Gasteiger partial charge in [0.25, 0.3) is 0 Å². The molecule has 0 radical (unpaired) electrons. The van der Waals surface area contributed by atoms with Crippen LogP contribution < -0.4 is 5.32 Å². The molecule has 2 rings (SSSR count). The largest absolute Gasteiger partial charge is 0.374 e. The molecule has 1 aliphatic heterocycles. The Bertz CT molecular complexity index is 307. The maximum Gasteiger partial charge on any atom is 0.0868 e. The summed E-state index contributed by atoms with van der Waals surface area (Å²) in [6.07, 6.45) is 0.326. The summed E-state index contributed by atoms with van der Waals surface area (Å²) in [7, 11) is 2.02. The van der Waals surface area contributed by atoms with E-state index in [1.807, 2.05) is 30.1 Å². The summed E-state index contributed by atoms with van der Waals surface area (Å²) >= 11 is 3.85. The molecule has 2 unspecified atom stereocenters. The van der Waals surface area contributed by atoms with E-state index in [9.17, 15) is 0 Å². The number of nitrogens with one attached hydrogen (secondary N) is 1. The Balaban J connectivity index is 2.08. The molecule has 2 nitrogen and oxygen atoms in total. The molecule has 2 heterocycles. The lowest BCUT2D eigenvalue weighted by molar-refractivity contribution is 0.0497. The zero-order chi connectivity index (χ0) is 10.7. The molecule has 0 amide bonds. The third-order valence-corrected chi connectivity index (χ3v) is 4.70. The molecule has 0 saturated carbocycles. The van der Waals surface area contributed by atoms with E-state index in [-0.39, 0.29) is 0 Å². The smallest absolute Gasteiger partial charge is 0.0868 e. The van der Waals surface area contributed by atoms with Crippen LogP contribution in [0.25, 0.3) is 0 Å². The molecular weight excluding hydrogens is 226 g/mol. The molecule has 1 fully saturated rings. The van der Waals surface area contributed by atoms with Crippen LogP contribution in [-0.2, 0) is 4.74 Å². The van der Waals surface area contributed by atoms with Crippen molar-refractivity contribution in [3.8, 4) is 0 Å². The van der Waals surface area contributed by atoms with Gasteiger partial charge in [0.1, 0.15) is 0 Å². The van der Waals surface area contributed by atoms with E-state index in [1.165, 1.54) is 9.75 Å². The highest BCUT2D eigenvalue weighted by atomic mass is 32.2. The van der Waals surface area contributed by atoms with Crippen molar-refractivity contribution in [3.05, 3.63) is 21.9 Å². The van der Waals surface area contributed by atoms with E-state index < -0.39 is 0 Å². The van der Waals surface area contributed by atoms with Gasteiger partial charge >= 0.3 is 0 Å². The summed E-state index contributed by atoms with van der Waals surface area (Å²) in [5.74, 6) is 2.23. The van der Waals surface area contributed by atoms with Crippen LogP contribution in [0.4, 0.5) is 0 Å². The normalized spacial score (nSPS) is 24.0. The van der Waals surface area contributed by atoms with Crippen LogP contribution in [0.1, 0.15) is 15.8 Å². The first-order valence-electron chi connectivity index (χ1n) is 5.24. The van der Waals surface area contributed by atoms with Crippen LogP contribution in [-0.4, -0.2) is 31.3 Å². The van der Waals surface area contributed by atoms with Crippen molar-refractivity contribution in [2.45, 2.75) is 19.1 Å². The summed E-state index contributed by atoms with van der Waals surface area (Å²) in [6, 6.07) is 4.75. The number of ether oxygens (including phenoxy) is 1. The van der Waals surface area contributed by atoms with Crippen LogP contribution in [0.5, 0.6) is 0 Å². The highest BCUT2D eigenvalue weighted by Gasteiger charge is 2.25. The fourth-order valence-corrected chi connectivity index (χ4v) is 3.77. The van der Waals surface area contributed by atoms with Gasteiger partial charge in [-0.3, -0.25) is 0 Å². The second-order valence-corrected chi connectivity index (χ2v) is 6.17. The molecule has 2 atom stereocenters. The van der Waals surface area contributed by atoms with Crippen LogP contribution in [0.15, 0.2) is 12.1 Å². The monoisotopic (exact) mass is 243 g/mol. The molecule has 1 aromatic rings. The van der Waals surface area contributed by atoms with Gasteiger partial charge in [-0.1, -0.05) is 0 Å². The number of likely N-dealkylation sites (N-methyl/N-ethyl adjacent to an activating group) is 1. The van der Waals surface area contributed by atoms with Crippen molar-refractivity contribution in [3.63, 3.8) is 0 Å². The first kappa shape index (κ1) is 11.5. The van der Waals surface area contributed by atoms with Gasteiger partial charge in [-0.2, -0.15) is 11.8 Å². The molecule has 1 aromatic heterocycles. The minimum absolute atomic E-state index is 0.326. The Hall–Kier alpha value is -0.0300. The first-order valence-corrected chi connectivity index (χ1v) is 7.21. The highest BCUT2D eigenvalue weighted by molar-refractivity contribution is 7.99. The van der Waals surface area contributed by atoms with Crippen LogP contribution in [0.3, 0.4) is 0 Å². The Morgan fingerprint density at radius 2 is 2.40 bits per heavy atom. The van der Waals surface area contributed by atoms with Gasteiger partial charge in [0.15, 0.2) is 0 Å². The lowest BCUT2D eigenvalue weighted by atomic mass is 10.1. The average molecular weight is 243 g/mol. The number of hydrogen-bond acceptors (Lipinski definition) is 4. The van der Waals surface area contributed by atoms with Crippen molar-refractivity contribution >= 4 is 23.1 Å². The van der Waals surface area contributed by atoms with Crippen molar-refractivity contribution in [2.24, 2.45) is 0 Å². The SMILES string of the molecule is CNC(c1ccc(C)s1)C1CSCCO1.